The van der Waals surface area contributed by atoms with E-state index in [-0.39, 0.29) is 5.54 Å². The molecule has 2 aromatic rings. The van der Waals surface area contributed by atoms with Crippen molar-refractivity contribution in [2.45, 2.75) is 32.7 Å². The van der Waals surface area contributed by atoms with Gasteiger partial charge in [0.2, 0.25) is 0 Å². The maximum atomic E-state index is 6.41. The highest BCUT2D eigenvalue weighted by Crippen LogP contribution is 2.25. The number of hydrogen-bond acceptors (Lipinski definition) is 3. The number of nitrogens with zero attached hydrogens (tertiary/aromatic N) is 1. The van der Waals surface area contributed by atoms with Crippen LogP contribution in [0, 0.1) is 13.8 Å². The van der Waals surface area contributed by atoms with Gasteiger partial charge in [0.1, 0.15) is 0 Å². The second-order valence-corrected chi connectivity index (χ2v) is 5.80. The van der Waals surface area contributed by atoms with Crippen LogP contribution in [0.1, 0.15) is 28.6 Å². The van der Waals surface area contributed by atoms with Crippen molar-refractivity contribution in [3.05, 3.63) is 51.5 Å². The van der Waals surface area contributed by atoms with Gasteiger partial charge in [-0.3, -0.25) is 0 Å². The molecule has 1 aromatic heterocycles. The molecule has 1 atom stereocenters. The van der Waals surface area contributed by atoms with Crippen molar-refractivity contribution in [2.24, 2.45) is 5.73 Å². The summed E-state index contributed by atoms with van der Waals surface area (Å²) >= 11 is 1.66. The predicted octanol–water partition coefficient (Wildman–Crippen LogP) is 3.18. The number of rotatable bonds is 3. The fourth-order valence-corrected chi connectivity index (χ4v) is 2.64. The fourth-order valence-electron chi connectivity index (χ4n) is 1.85. The van der Waals surface area contributed by atoms with Gasteiger partial charge in [-0.15, -0.1) is 11.3 Å². The maximum absolute atomic E-state index is 6.41. The van der Waals surface area contributed by atoms with Gasteiger partial charge in [-0.25, -0.2) is 4.98 Å². The minimum Gasteiger partial charge on any atom is -0.321 e. The SMILES string of the molecule is Cc1ccc(C(C)(N)Cc2nccs2)cc1C. The van der Waals surface area contributed by atoms with Gasteiger partial charge in [-0.2, -0.15) is 0 Å². The Morgan fingerprint density at radius 3 is 2.65 bits per heavy atom. The second-order valence-electron chi connectivity index (χ2n) is 4.82. The van der Waals surface area contributed by atoms with E-state index in [4.69, 9.17) is 5.73 Å². The molecule has 2 rings (SSSR count). The largest absolute Gasteiger partial charge is 0.321 e. The Hall–Kier alpha value is -1.19. The van der Waals surface area contributed by atoms with Crippen LogP contribution >= 0.6 is 11.3 Å². The normalized spacial score (nSPS) is 14.6. The van der Waals surface area contributed by atoms with Crippen LogP contribution in [-0.2, 0) is 12.0 Å². The van der Waals surface area contributed by atoms with E-state index in [2.05, 4.69) is 44.0 Å². The standard InChI is InChI=1S/C14H18N2S/c1-10-4-5-12(8-11(10)2)14(3,15)9-13-16-6-7-17-13/h4-8H,9,15H2,1-3H3. The molecule has 0 saturated heterocycles. The summed E-state index contributed by atoms with van der Waals surface area (Å²) in [5.74, 6) is 0. The van der Waals surface area contributed by atoms with Gasteiger partial charge in [0.05, 0.1) is 5.01 Å². The lowest BCUT2D eigenvalue weighted by Gasteiger charge is -2.25. The van der Waals surface area contributed by atoms with E-state index in [9.17, 15) is 0 Å². The first-order valence-electron chi connectivity index (χ1n) is 5.74. The molecule has 2 nitrogen and oxygen atoms in total. The monoisotopic (exact) mass is 246 g/mol. The van der Waals surface area contributed by atoms with Gasteiger partial charge in [-0.05, 0) is 37.5 Å². The van der Waals surface area contributed by atoms with E-state index in [0.29, 0.717) is 0 Å². The van der Waals surface area contributed by atoms with E-state index in [1.165, 1.54) is 16.7 Å². The Kier molecular flexibility index (Phi) is 3.31. The Balaban J connectivity index is 2.27. The summed E-state index contributed by atoms with van der Waals surface area (Å²) in [5.41, 5.74) is 9.84. The molecule has 0 spiro atoms. The minimum absolute atomic E-state index is 0.351. The molecule has 0 aliphatic heterocycles. The molecule has 0 saturated carbocycles. The minimum atomic E-state index is -0.351. The van der Waals surface area contributed by atoms with Crippen molar-refractivity contribution in [3.8, 4) is 0 Å². The summed E-state index contributed by atoms with van der Waals surface area (Å²) in [4.78, 5) is 4.31. The fraction of sp³-hybridized carbons (Fsp3) is 0.357. The number of hydrogen-bond donors (Lipinski definition) is 1. The van der Waals surface area contributed by atoms with Crippen LogP contribution in [0.2, 0.25) is 0 Å². The number of aromatic nitrogens is 1. The summed E-state index contributed by atoms with van der Waals surface area (Å²) in [6, 6.07) is 6.44. The number of nitrogens with two attached hydrogens (primary N) is 1. The number of thiazole rings is 1. The highest BCUT2D eigenvalue weighted by atomic mass is 32.1. The van der Waals surface area contributed by atoms with Crippen LogP contribution in [0.3, 0.4) is 0 Å². The Labute approximate surface area is 107 Å². The van der Waals surface area contributed by atoms with Crippen molar-refractivity contribution in [3.63, 3.8) is 0 Å². The van der Waals surface area contributed by atoms with Gasteiger partial charge in [-0.1, -0.05) is 18.2 Å². The molecule has 0 aliphatic carbocycles. The van der Waals surface area contributed by atoms with Crippen molar-refractivity contribution >= 4 is 11.3 Å². The molecule has 90 valence electrons. The molecule has 0 bridgehead atoms. The molecule has 0 aliphatic rings. The van der Waals surface area contributed by atoms with Gasteiger partial charge in [0.15, 0.2) is 0 Å². The van der Waals surface area contributed by atoms with Crippen LogP contribution in [0.4, 0.5) is 0 Å². The molecule has 0 amide bonds. The van der Waals surface area contributed by atoms with Crippen LogP contribution in [-0.4, -0.2) is 4.98 Å². The zero-order valence-electron chi connectivity index (χ0n) is 10.5. The van der Waals surface area contributed by atoms with Crippen LogP contribution < -0.4 is 5.73 Å². The first-order valence-corrected chi connectivity index (χ1v) is 6.62. The summed E-state index contributed by atoms with van der Waals surface area (Å²) in [7, 11) is 0. The van der Waals surface area contributed by atoms with E-state index in [0.717, 1.165) is 11.4 Å². The van der Waals surface area contributed by atoms with Crippen molar-refractivity contribution in [1.82, 2.24) is 4.98 Å². The van der Waals surface area contributed by atoms with Crippen LogP contribution in [0.25, 0.3) is 0 Å². The zero-order chi connectivity index (χ0) is 12.5. The molecule has 17 heavy (non-hydrogen) atoms. The Morgan fingerprint density at radius 1 is 1.29 bits per heavy atom. The third-order valence-corrected chi connectivity index (χ3v) is 3.95. The molecular formula is C14H18N2S. The molecule has 2 N–H and O–H groups in total. The van der Waals surface area contributed by atoms with Crippen LogP contribution in [0.15, 0.2) is 29.8 Å². The van der Waals surface area contributed by atoms with Crippen molar-refractivity contribution in [1.29, 1.82) is 0 Å². The highest BCUT2D eigenvalue weighted by molar-refractivity contribution is 7.09. The molecule has 3 heteroatoms. The zero-order valence-corrected chi connectivity index (χ0v) is 11.3. The topological polar surface area (TPSA) is 38.9 Å². The maximum Gasteiger partial charge on any atom is 0.0946 e. The van der Waals surface area contributed by atoms with Gasteiger partial charge < -0.3 is 5.73 Å². The number of benzene rings is 1. The Bertz CT molecular complexity index is 501. The second kappa shape index (κ2) is 4.59. The van der Waals surface area contributed by atoms with Crippen molar-refractivity contribution < 1.29 is 0 Å². The lowest BCUT2D eigenvalue weighted by molar-refractivity contribution is 0.490. The quantitative estimate of drug-likeness (QED) is 0.903. The average Bonchev–Trinajstić information content (AvgIpc) is 2.73. The summed E-state index contributed by atoms with van der Waals surface area (Å²) in [5, 5.41) is 3.08. The molecule has 0 fully saturated rings. The van der Waals surface area contributed by atoms with Crippen LogP contribution in [0.5, 0.6) is 0 Å². The average molecular weight is 246 g/mol. The molecule has 1 aromatic carbocycles. The van der Waals surface area contributed by atoms with Gasteiger partial charge in [0.25, 0.3) is 0 Å². The van der Waals surface area contributed by atoms with Crippen molar-refractivity contribution in [2.75, 3.05) is 0 Å². The lowest BCUT2D eigenvalue weighted by Crippen LogP contribution is -2.35. The van der Waals surface area contributed by atoms with E-state index in [1.807, 2.05) is 11.6 Å². The highest BCUT2D eigenvalue weighted by Gasteiger charge is 2.23. The van der Waals surface area contributed by atoms with E-state index < -0.39 is 0 Å². The third-order valence-electron chi connectivity index (χ3n) is 3.17. The summed E-state index contributed by atoms with van der Waals surface area (Å²) < 4.78 is 0. The Morgan fingerprint density at radius 2 is 2.06 bits per heavy atom. The van der Waals surface area contributed by atoms with Gasteiger partial charge in [0, 0.05) is 23.5 Å². The smallest absolute Gasteiger partial charge is 0.0946 e. The molecular weight excluding hydrogens is 228 g/mol. The molecule has 0 radical (unpaired) electrons. The third kappa shape index (κ3) is 2.73. The number of aryl methyl sites for hydroxylation is 2. The van der Waals surface area contributed by atoms with E-state index in [1.54, 1.807) is 11.3 Å². The van der Waals surface area contributed by atoms with Gasteiger partial charge >= 0.3 is 0 Å². The first-order chi connectivity index (χ1) is 7.99. The molecule has 1 unspecified atom stereocenters. The molecule has 1 heterocycles. The summed E-state index contributed by atoms with van der Waals surface area (Å²) in [6.07, 6.45) is 2.61. The first kappa shape index (κ1) is 12.3. The lowest BCUT2D eigenvalue weighted by atomic mass is 9.88. The summed E-state index contributed by atoms with van der Waals surface area (Å²) in [6.45, 7) is 6.31. The van der Waals surface area contributed by atoms with E-state index >= 15 is 0 Å². The predicted molar refractivity (Wildman–Crippen MR) is 73.3 cm³/mol.